The number of amides is 1. The fraction of sp³-hybridized carbons (Fsp3) is 0.312. The summed E-state index contributed by atoms with van der Waals surface area (Å²) in [6.07, 6.45) is 1.14. The Morgan fingerprint density at radius 2 is 1.91 bits per heavy atom. The molecule has 0 saturated heterocycles. The van der Waals surface area contributed by atoms with Crippen molar-refractivity contribution < 1.29 is 13.2 Å². The Bertz CT molecular complexity index is 694. The molecule has 1 amide bonds. The molecule has 2 aromatic rings. The Labute approximate surface area is 135 Å². The predicted molar refractivity (Wildman–Crippen MR) is 88.6 cm³/mol. The molecule has 1 aromatic heterocycles. The lowest BCUT2D eigenvalue weighted by Crippen LogP contribution is -2.31. The van der Waals surface area contributed by atoms with E-state index in [0.717, 1.165) is 11.3 Å². The van der Waals surface area contributed by atoms with Crippen LogP contribution in [0.15, 0.2) is 52.7 Å². The molecule has 0 unspecified atom stereocenters. The van der Waals surface area contributed by atoms with Crippen LogP contribution >= 0.6 is 11.3 Å². The molecule has 0 radical (unpaired) electrons. The van der Waals surface area contributed by atoms with Crippen LogP contribution in [0.5, 0.6) is 0 Å². The van der Waals surface area contributed by atoms with Gasteiger partial charge in [0, 0.05) is 17.8 Å². The van der Waals surface area contributed by atoms with Crippen LogP contribution < -0.4 is 5.32 Å². The molecule has 0 spiro atoms. The molecule has 1 heterocycles. The van der Waals surface area contributed by atoms with E-state index >= 15 is 0 Å². The maximum atomic E-state index is 12.9. The summed E-state index contributed by atoms with van der Waals surface area (Å²) >= 11 is 1.39. The maximum absolute atomic E-state index is 12.9. The van der Waals surface area contributed by atoms with Crippen molar-refractivity contribution in [3.63, 3.8) is 0 Å². The maximum Gasteiger partial charge on any atom is 0.220 e. The third-order valence-electron chi connectivity index (χ3n) is 3.27. The van der Waals surface area contributed by atoms with Crippen molar-refractivity contribution >= 4 is 27.1 Å². The average molecular weight is 337 g/mol. The first-order valence-electron chi connectivity index (χ1n) is 7.14. The quantitative estimate of drug-likeness (QED) is 0.844. The molecular formula is C16H19NO3S2. The number of nitrogens with one attached hydrogen (secondary N) is 1. The largest absolute Gasteiger partial charge is 0.354 e. The number of sulfone groups is 1. The summed E-state index contributed by atoms with van der Waals surface area (Å²) in [6, 6.07) is 12.0. The molecule has 6 heteroatoms. The highest BCUT2D eigenvalue weighted by molar-refractivity contribution is 7.91. The van der Waals surface area contributed by atoms with Crippen LogP contribution in [0.4, 0.5) is 0 Å². The lowest BCUT2D eigenvalue weighted by atomic mass is 10.3. The Morgan fingerprint density at radius 3 is 2.50 bits per heavy atom. The van der Waals surface area contributed by atoms with Crippen LogP contribution in [-0.2, 0) is 14.6 Å². The number of hydrogen-bond acceptors (Lipinski definition) is 4. The van der Waals surface area contributed by atoms with E-state index in [-0.39, 0.29) is 17.3 Å². The Hall–Kier alpha value is -1.66. The summed E-state index contributed by atoms with van der Waals surface area (Å²) in [7, 11) is -3.54. The molecule has 2 rings (SSSR count). The molecule has 0 bridgehead atoms. The van der Waals surface area contributed by atoms with Gasteiger partial charge in [0.25, 0.3) is 0 Å². The first-order valence-corrected chi connectivity index (χ1v) is 9.57. The highest BCUT2D eigenvalue weighted by atomic mass is 32.2. The second-order valence-corrected chi connectivity index (χ2v) is 8.03. The van der Waals surface area contributed by atoms with Crippen molar-refractivity contribution in [1.29, 1.82) is 0 Å². The average Bonchev–Trinajstić information content (AvgIpc) is 3.02. The van der Waals surface area contributed by atoms with Gasteiger partial charge in [-0.3, -0.25) is 4.79 Å². The molecule has 1 aromatic carbocycles. The van der Waals surface area contributed by atoms with E-state index in [1.54, 1.807) is 36.4 Å². The third-order valence-corrected chi connectivity index (χ3v) is 6.50. The van der Waals surface area contributed by atoms with Gasteiger partial charge in [0.15, 0.2) is 9.84 Å². The topological polar surface area (TPSA) is 63.2 Å². The number of rotatable bonds is 7. The molecule has 0 saturated carbocycles. The van der Waals surface area contributed by atoms with E-state index in [2.05, 4.69) is 5.32 Å². The van der Waals surface area contributed by atoms with E-state index < -0.39 is 15.1 Å². The number of benzene rings is 1. The number of carbonyl (C=O) groups excluding carboxylic acids is 1. The number of carbonyl (C=O) groups is 1. The summed E-state index contributed by atoms with van der Waals surface area (Å²) in [6.45, 7) is 2.01. The molecule has 0 aliphatic rings. The highest BCUT2D eigenvalue weighted by Gasteiger charge is 2.30. The molecule has 0 aliphatic carbocycles. The van der Waals surface area contributed by atoms with Gasteiger partial charge in [-0.15, -0.1) is 11.3 Å². The second kappa shape index (κ2) is 7.56. The van der Waals surface area contributed by atoms with Gasteiger partial charge >= 0.3 is 0 Å². The monoisotopic (exact) mass is 337 g/mol. The zero-order valence-electron chi connectivity index (χ0n) is 12.4. The zero-order chi connectivity index (χ0) is 16.0. The van der Waals surface area contributed by atoms with Gasteiger partial charge in [0.05, 0.1) is 4.90 Å². The van der Waals surface area contributed by atoms with Gasteiger partial charge in [0.1, 0.15) is 5.25 Å². The minimum atomic E-state index is -3.54. The fourth-order valence-electron chi connectivity index (χ4n) is 2.13. The van der Waals surface area contributed by atoms with Gasteiger partial charge in [-0.05, 0) is 30.0 Å². The smallest absolute Gasteiger partial charge is 0.220 e. The normalized spacial score (nSPS) is 12.8. The van der Waals surface area contributed by atoms with Crippen molar-refractivity contribution in [2.75, 3.05) is 6.54 Å². The van der Waals surface area contributed by atoms with Gasteiger partial charge in [-0.1, -0.05) is 31.2 Å². The zero-order valence-corrected chi connectivity index (χ0v) is 14.0. The first kappa shape index (κ1) is 16.7. The lowest BCUT2D eigenvalue weighted by Gasteiger charge is -2.17. The number of hydrogen-bond donors (Lipinski definition) is 1. The first-order chi connectivity index (χ1) is 10.6. The Kier molecular flexibility index (Phi) is 5.74. The van der Waals surface area contributed by atoms with E-state index in [0.29, 0.717) is 6.42 Å². The van der Waals surface area contributed by atoms with Crippen molar-refractivity contribution in [3.05, 3.63) is 52.7 Å². The van der Waals surface area contributed by atoms with Crippen molar-refractivity contribution in [1.82, 2.24) is 5.32 Å². The molecule has 1 atom stereocenters. The van der Waals surface area contributed by atoms with Gasteiger partial charge < -0.3 is 5.32 Å². The summed E-state index contributed by atoms with van der Waals surface area (Å²) in [4.78, 5) is 12.7. The molecule has 1 N–H and O–H groups in total. The fourth-order valence-corrected chi connectivity index (χ4v) is 4.94. The summed E-state index contributed by atoms with van der Waals surface area (Å²) in [5.74, 6) is -0.118. The minimum Gasteiger partial charge on any atom is -0.354 e. The third kappa shape index (κ3) is 3.96. The van der Waals surface area contributed by atoms with E-state index in [1.165, 1.54) is 11.3 Å². The van der Waals surface area contributed by atoms with E-state index in [9.17, 15) is 13.2 Å². The van der Waals surface area contributed by atoms with Crippen molar-refractivity contribution in [2.24, 2.45) is 0 Å². The predicted octanol–water partition coefficient (Wildman–Crippen LogP) is 3.18. The van der Waals surface area contributed by atoms with Crippen LogP contribution in [-0.4, -0.2) is 20.9 Å². The number of thiophene rings is 1. The molecule has 0 aliphatic heterocycles. The lowest BCUT2D eigenvalue weighted by molar-refractivity contribution is -0.121. The van der Waals surface area contributed by atoms with Crippen LogP contribution in [0.3, 0.4) is 0 Å². The molecule has 4 nitrogen and oxygen atoms in total. The van der Waals surface area contributed by atoms with Crippen LogP contribution in [0.1, 0.15) is 29.9 Å². The van der Waals surface area contributed by atoms with E-state index in [1.807, 2.05) is 18.4 Å². The molecule has 0 fully saturated rings. The second-order valence-electron chi connectivity index (χ2n) is 4.92. The van der Waals surface area contributed by atoms with Crippen molar-refractivity contribution in [2.45, 2.75) is 29.9 Å². The van der Waals surface area contributed by atoms with Gasteiger partial charge in [-0.2, -0.15) is 0 Å². The molecular weight excluding hydrogens is 318 g/mol. The summed E-state index contributed by atoms with van der Waals surface area (Å²) in [5.41, 5.74) is 0. The van der Waals surface area contributed by atoms with Crippen molar-refractivity contribution in [3.8, 4) is 0 Å². The van der Waals surface area contributed by atoms with Gasteiger partial charge in [0.2, 0.25) is 5.91 Å². The Morgan fingerprint density at radius 1 is 1.18 bits per heavy atom. The minimum absolute atomic E-state index is 0.0938. The summed E-state index contributed by atoms with van der Waals surface area (Å²) in [5, 5.41) is 3.83. The van der Waals surface area contributed by atoms with E-state index in [4.69, 9.17) is 0 Å². The van der Waals surface area contributed by atoms with Crippen LogP contribution in [0, 0.1) is 0 Å². The molecule has 118 valence electrons. The van der Waals surface area contributed by atoms with Crippen LogP contribution in [0.25, 0.3) is 0 Å². The highest BCUT2D eigenvalue weighted by Crippen LogP contribution is 2.31. The van der Waals surface area contributed by atoms with Gasteiger partial charge in [-0.25, -0.2) is 8.42 Å². The summed E-state index contributed by atoms with van der Waals surface area (Å²) < 4.78 is 25.7. The van der Waals surface area contributed by atoms with Crippen LogP contribution in [0.2, 0.25) is 0 Å². The SMILES string of the molecule is CCCC(=O)NC[C@@H](c1cccs1)S(=O)(=O)c1ccccc1. The Balaban J connectivity index is 2.27. The standard InChI is InChI=1S/C16H19NO3S2/c1-2-7-16(18)17-12-15(14-10-6-11-21-14)22(19,20)13-8-4-3-5-9-13/h3-6,8-11,15H,2,7,12H2,1H3,(H,17,18)/t15-/m0/s1. The molecule has 22 heavy (non-hydrogen) atoms.